The molecule has 0 spiro atoms. The minimum Gasteiger partial charge on any atom is -0.207 e. The predicted molar refractivity (Wildman–Crippen MR) is 48.0 cm³/mol. The van der Waals surface area contributed by atoms with Crippen molar-refractivity contribution in [2.24, 2.45) is 0 Å². The molecule has 1 atom stereocenters. The monoisotopic (exact) mass is 226 g/mol. The van der Waals surface area contributed by atoms with E-state index in [4.69, 9.17) is 11.6 Å². The molecular weight excluding hydrogens is 221 g/mol. The van der Waals surface area contributed by atoms with E-state index in [1.807, 2.05) is 0 Å². The van der Waals surface area contributed by atoms with Crippen LogP contribution in [0.2, 0.25) is 0 Å². The Bertz CT molecular complexity index is 263. The van der Waals surface area contributed by atoms with Gasteiger partial charge in [0.15, 0.2) is 0 Å². The van der Waals surface area contributed by atoms with Crippen LogP contribution in [0.25, 0.3) is 0 Å². The summed E-state index contributed by atoms with van der Waals surface area (Å²) in [7, 11) is 0. The van der Waals surface area contributed by atoms with E-state index in [0.29, 0.717) is 16.7 Å². The maximum absolute atomic E-state index is 12.9. The Morgan fingerprint density at radius 1 is 1.23 bits per heavy atom. The molecule has 0 aliphatic rings. The fraction of sp³-hybridized carbons (Fsp3) is 0.250. The summed E-state index contributed by atoms with van der Waals surface area (Å²) in [5.41, 5.74) is 0. The van der Waals surface area contributed by atoms with Crippen LogP contribution in [-0.4, -0.2) is 10.9 Å². The molecule has 0 saturated carbocycles. The zero-order valence-electron chi connectivity index (χ0n) is 6.38. The van der Waals surface area contributed by atoms with Crippen LogP contribution in [0.15, 0.2) is 35.2 Å². The van der Waals surface area contributed by atoms with E-state index in [1.54, 1.807) is 18.2 Å². The Morgan fingerprint density at radius 3 is 2.23 bits per heavy atom. The first kappa shape index (κ1) is 10.7. The summed E-state index contributed by atoms with van der Waals surface area (Å²) in [5.74, 6) is 0. The van der Waals surface area contributed by atoms with Crippen LogP contribution in [-0.2, 0) is 0 Å². The van der Waals surface area contributed by atoms with Gasteiger partial charge in [0.25, 0.3) is 10.9 Å². The van der Waals surface area contributed by atoms with Crippen molar-refractivity contribution >= 4 is 23.4 Å². The molecule has 0 aromatic heterocycles. The lowest BCUT2D eigenvalue weighted by molar-refractivity contribution is 0.0737. The van der Waals surface area contributed by atoms with E-state index in [1.165, 1.54) is 12.1 Å². The number of alkyl halides is 4. The third-order valence-electron chi connectivity index (χ3n) is 1.25. The highest BCUT2D eigenvalue weighted by Crippen LogP contribution is 2.42. The average molecular weight is 227 g/mol. The summed E-state index contributed by atoms with van der Waals surface area (Å²) >= 11 is 5.25. The Balaban J connectivity index is 2.69. The molecule has 1 aromatic carbocycles. The number of hydrogen-bond acceptors (Lipinski definition) is 1. The van der Waals surface area contributed by atoms with E-state index in [9.17, 15) is 13.2 Å². The van der Waals surface area contributed by atoms with Gasteiger partial charge in [-0.25, -0.2) is 13.2 Å². The van der Waals surface area contributed by atoms with Crippen LogP contribution in [0.4, 0.5) is 13.2 Å². The van der Waals surface area contributed by atoms with E-state index < -0.39 is 10.9 Å². The Labute approximate surface area is 83.1 Å². The SMILES string of the molecule is FC(F)C(F)(Cl)Sc1ccccc1. The van der Waals surface area contributed by atoms with Gasteiger partial charge in [-0.05, 0) is 12.1 Å². The molecule has 0 bridgehead atoms. The summed E-state index contributed by atoms with van der Waals surface area (Å²) < 4.78 is 33.8. The second-order valence-corrected chi connectivity index (χ2v) is 4.32. The first-order chi connectivity index (χ1) is 6.02. The smallest absolute Gasteiger partial charge is 0.207 e. The molecule has 0 heterocycles. The fourth-order valence-electron chi connectivity index (χ4n) is 0.690. The molecular formula is C8H6ClF3S. The second kappa shape index (κ2) is 4.24. The molecule has 0 radical (unpaired) electrons. The molecule has 0 aliphatic carbocycles. The number of rotatable bonds is 3. The van der Waals surface area contributed by atoms with Crippen molar-refractivity contribution < 1.29 is 13.2 Å². The number of halogens is 4. The molecule has 1 rings (SSSR count). The molecule has 5 heteroatoms. The van der Waals surface area contributed by atoms with Gasteiger partial charge in [0.2, 0.25) is 0 Å². The summed E-state index contributed by atoms with van der Waals surface area (Å²) in [4.78, 5) is 0.375. The molecule has 72 valence electrons. The highest BCUT2D eigenvalue weighted by Gasteiger charge is 2.39. The standard InChI is InChI=1S/C8H6ClF3S/c9-8(12,7(10)11)13-6-4-2-1-3-5-6/h1-5,7H. The molecule has 0 N–H and O–H groups in total. The highest BCUT2D eigenvalue weighted by atomic mass is 35.5. The largest absolute Gasteiger partial charge is 0.296 e. The van der Waals surface area contributed by atoms with Crippen molar-refractivity contribution in [1.82, 2.24) is 0 Å². The normalized spacial score (nSPS) is 15.8. The van der Waals surface area contributed by atoms with E-state index >= 15 is 0 Å². The van der Waals surface area contributed by atoms with Crippen molar-refractivity contribution in [3.8, 4) is 0 Å². The molecule has 0 saturated heterocycles. The summed E-state index contributed by atoms with van der Waals surface area (Å²) in [6.07, 6.45) is -3.21. The Morgan fingerprint density at radius 2 is 1.77 bits per heavy atom. The van der Waals surface area contributed by atoms with Crippen molar-refractivity contribution in [3.05, 3.63) is 30.3 Å². The van der Waals surface area contributed by atoms with Gasteiger partial charge in [0.1, 0.15) is 0 Å². The molecule has 0 amide bonds. The Hall–Kier alpha value is -0.350. The van der Waals surface area contributed by atoms with Crippen LogP contribution >= 0.6 is 23.4 Å². The lowest BCUT2D eigenvalue weighted by Gasteiger charge is -2.15. The lowest BCUT2D eigenvalue weighted by atomic mass is 10.4. The van der Waals surface area contributed by atoms with Gasteiger partial charge >= 0.3 is 0 Å². The summed E-state index contributed by atoms with van der Waals surface area (Å²) in [6.45, 7) is 0. The maximum Gasteiger partial charge on any atom is 0.296 e. The van der Waals surface area contributed by atoms with Crippen LogP contribution < -0.4 is 0 Å². The van der Waals surface area contributed by atoms with E-state index in [-0.39, 0.29) is 0 Å². The number of benzene rings is 1. The zero-order valence-corrected chi connectivity index (χ0v) is 7.96. The minimum atomic E-state index is -3.21. The second-order valence-electron chi connectivity index (χ2n) is 2.28. The zero-order chi connectivity index (χ0) is 9.90. The van der Waals surface area contributed by atoms with Crippen LogP contribution in [0, 0.1) is 0 Å². The Kier molecular flexibility index (Phi) is 3.50. The predicted octanol–water partition coefficient (Wildman–Crippen LogP) is 3.91. The average Bonchev–Trinajstić information content (AvgIpc) is 2.05. The molecule has 0 nitrogen and oxygen atoms in total. The summed E-state index contributed by atoms with van der Waals surface area (Å²) in [5, 5.41) is 0. The minimum absolute atomic E-state index is 0.303. The third kappa shape index (κ3) is 3.12. The van der Waals surface area contributed by atoms with Gasteiger partial charge in [-0.2, -0.15) is 0 Å². The number of thioether (sulfide) groups is 1. The van der Waals surface area contributed by atoms with Crippen LogP contribution in [0.5, 0.6) is 0 Å². The number of hydrogen-bond donors (Lipinski definition) is 0. The first-order valence-corrected chi connectivity index (χ1v) is 4.62. The van der Waals surface area contributed by atoms with Crippen LogP contribution in [0.1, 0.15) is 0 Å². The third-order valence-corrected chi connectivity index (χ3v) is 2.61. The topological polar surface area (TPSA) is 0 Å². The van der Waals surface area contributed by atoms with E-state index in [2.05, 4.69) is 0 Å². The molecule has 13 heavy (non-hydrogen) atoms. The quantitative estimate of drug-likeness (QED) is 0.556. The molecule has 0 fully saturated rings. The van der Waals surface area contributed by atoms with Gasteiger partial charge in [0.05, 0.1) is 0 Å². The highest BCUT2D eigenvalue weighted by molar-refractivity contribution is 8.01. The van der Waals surface area contributed by atoms with Gasteiger partial charge < -0.3 is 0 Å². The lowest BCUT2D eigenvalue weighted by Crippen LogP contribution is -2.19. The van der Waals surface area contributed by atoms with Crippen molar-refractivity contribution in [2.75, 3.05) is 0 Å². The van der Waals surface area contributed by atoms with Gasteiger partial charge in [-0.15, -0.1) is 0 Å². The van der Waals surface area contributed by atoms with Crippen molar-refractivity contribution in [3.63, 3.8) is 0 Å². The van der Waals surface area contributed by atoms with Gasteiger partial charge in [0, 0.05) is 4.90 Å². The first-order valence-electron chi connectivity index (χ1n) is 3.42. The maximum atomic E-state index is 12.9. The fourth-order valence-corrected chi connectivity index (χ4v) is 1.65. The summed E-state index contributed by atoms with van der Waals surface area (Å²) in [6, 6.07) is 8.00. The van der Waals surface area contributed by atoms with Crippen molar-refractivity contribution in [2.45, 2.75) is 15.8 Å². The van der Waals surface area contributed by atoms with Gasteiger partial charge in [-0.1, -0.05) is 41.6 Å². The molecule has 0 aliphatic heterocycles. The van der Waals surface area contributed by atoms with Crippen LogP contribution in [0.3, 0.4) is 0 Å². The molecule has 1 aromatic rings. The van der Waals surface area contributed by atoms with E-state index in [0.717, 1.165) is 0 Å². The van der Waals surface area contributed by atoms with Crippen molar-refractivity contribution in [1.29, 1.82) is 0 Å². The molecule has 1 unspecified atom stereocenters. The van der Waals surface area contributed by atoms with Gasteiger partial charge in [-0.3, -0.25) is 0 Å².